The van der Waals surface area contributed by atoms with E-state index in [1.54, 1.807) is 7.11 Å². The summed E-state index contributed by atoms with van der Waals surface area (Å²) in [4.78, 5) is 16.3. The normalized spacial score (nSPS) is 20.6. The molecule has 1 aromatic heterocycles. The summed E-state index contributed by atoms with van der Waals surface area (Å²) < 4.78 is 15.5. The molecule has 24 heavy (non-hydrogen) atoms. The Morgan fingerprint density at radius 2 is 2.21 bits per heavy atom. The van der Waals surface area contributed by atoms with Crippen molar-refractivity contribution >= 4 is 5.97 Å². The molecule has 1 aromatic carbocycles. The Balaban J connectivity index is 1.67. The van der Waals surface area contributed by atoms with Gasteiger partial charge in [-0.3, -0.25) is 4.79 Å². The molecule has 1 fully saturated rings. The van der Waals surface area contributed by atoms with E-state index in [-0.39, 0.29) is 17.8 Å². The van der Waals surface area contributed by atoms with E-state index in [1.807, 2.05) is 24.3 Å². The Bertz CT molecular complexity index is 698. The molecular weight excluding hydrogens is 308 g/mol. The van der Waals surface area contributed by atoms with Crippen LogP contribution in [0.15, 0.2) is 28.8 Å². The van der Waals surface area contributed by atoms with Gasteiger partial charge in [0.15, 0.2) is 5.82 Å². The van der Waals surface area contributed by atoms with Crippen LogP contribution in [0.2, 0.25) is 0 Å². The number of nitrogens with zero attached hydrogens (tertiary/aromatic N) is 2. The number of hydrogen-bond acceptors (Lipinski definition) is 6. The second kappa shape index (κ2) is 7.47. The minimum atomic E-state index is -0.143. The number of carbonyl (C=O) groups is 1. The number of rotatable bonds is 5. The van der Waals surface area contributed by atoms with Crippen molar-refractivity contribution in [1.82, 2.24) is 10.1 Å². The van der Waals surface area contributed by atoms with Gasteiger partial charge in [-0.15, -0.1) is 0 Å². The summed E-state index contributed by atoms with van der Waals surface area (Å²) in [6, 6.07) is 7.81. The fraction of sp³-hybridized carbons (Fsp3) is 0.500. The summed E-state index contributed by atoms with van der Waals surface area (Å²) in [6.07, 6.45) is 4.11. The summed E-state index contributed by atoms with van der Waals surface area (Å²) in [5, 5.41) is 4.09. The topological polar surface area (TPSA) is 74.5 Å². The van der Waals surface area contributed by atoms with Gasteiger partial charge in [0.25, 0.3) is 0 Å². The van der Waals surface area contributed by atoms with Gasteiger partial charge in [-0.2, -0.15) is 4.98 Å². The number of benzene rings is 1. The number of esters is 1. The summed E-state index contributed by atoms with van der Waals surface area (Å²) in [7, 11) is 3.08. The van der Waals surface area contributed by atoms with Crippen molar-refractivity contribution in [2.45, 2.75) is 38.0 Å². The third-order valence-electron chi connectivity index (χ3n) is 4.54. The van der Waals surface area contributed by atoms with Gasteiger partial charge in [0, 0.05) is 12.3 Å². The van der Waals surface area contributed by atoms with Crippen molar-refractivity contribution < 1.29 is 18.8 Å². The van der Waals surface area contributed by atoms with Crippen LogP contribution in [0, 0.1) is 5.92 Å². The highest BCUT2D eigenvalue weighted by Crippen LogP contribution is 2.36. The zero-order valence-electron chi connectivity index (χ0n) is 14.0. The molecule has 6 heteroatoms. The largest absolute Gasteiger partial charge is 0.497 e. The molecule has 1 aliphatic rings. The molecule has 2 atom stereocenters. The van der Waals surface area contributed by atoms with Crippen molar-refractivity contribution in [3.8, 4) is 5.75 Å². The van der Waals surface area contributed by atoms with E-state index < -0.39 is 0 Å². The Morgan fingerprint density at radius 3 is 3.00 bits per heavy atom. The second-order valence-electron chi connectivity index (χ2n) is 6.16. The van der Waals surface area contributed by atoms with E-state index in [1.165, 1.54) is 7.11 Å². The monoisotopic (exact) mass is 330 g/mol. The number of carbonyl (C=O) groups excluding carboxylic acids is 1. The summed E-state index contributed by atoms with van der Waals surface area (Å²) >= 11 is 0. The molecule has 0 N–H and O–H groups in total. The van der Waals surface area contributed by atoms with Crippen LogP contribution in [0.4, 0.5) is 0 Å². The fourth-order valence-electron chi connectivity index (χ4n) is 3.26. The molecule has 0 unspecified atom stereocenters. The predicted molar refractivity (Wildman–Crippen MR) is 86.8 cm³/mol. The molecule has 0 bridgehead atoms. The van der Waals surface area contributed by atoms with Crippen LogP contribution < -0.4 is 4.74 Å². The van der Waals surface area contributed by atoms with Crippen molar-refractivity contribution in [2.24, 2.45) is 5.92 Å². The molecule has 1 heterocycles. The molecule has 1 saturated carbocycles. The van der Waals surface area contributed by atoms with E-state index in [0.29, 0.717) is 24.6 Å². The smallest absolute Gasteiger partial charge is 0.308 e. The first-order valence-electron chi connectivity index (χ1n) is 8.23. The van der Waals surface area contributed by atoms with Gasteiger partial charge in [0.2, 0.25) is 5.89 Å². The number of aromatic nitrogens is 2. The highest BCUT2D eigenvalue weighted by atomic mass is 16.5. The fourth-order valence-corrected chi connectivity index (χ4v) is 3.26. The Kier molecular flexibility index (Phi) is 5.13. The Morgan fingerprint density at radius 1 is 1.33 bits per heavy atom. The van der Waals surface area contributed by atoms with Gasteiger partial charge in [0.05, 0.1) is 20.1 Å². The third-order valence-corrected chi connectivity index (χ3v) is 4.54. The molecular formula is C18H22N2O4. The Hall–Kier alpha value is -2.37. The number of ether oxygens (including phenoxy) is 2. The standard InChI is InChI=1S/C18H22N2O4/c1-22-15-8-3-5-12(9-15)10-16-19-17(24-20-16)13-6-4-7-14(11-13)18(21)23-2/h3,5,8-9,13-14H,4,6-7,10-11H2,1-2H3/t13-,14+/m0/s1. The van der Waals surface area contributed by atoms with Crippen molar-refractivity contribution in [1.29, 1.82) is 0 Å². The van der Waals surface area contributed by atoms with E-state index in [0.717, 1.165) is 30.6 Å². The van der Waals surface area contributed by atoms with Gasteiger partial charge in [-0.05, 0) is 37.0 Å². The number of methoxy groups -OCH3 is 2. The summed E-state index contributed by atoms with van der Waals surface area (Å²) in [6.45, 7) is 0. The first kappa shape index (κ1) is 16.5. The molecule has 1 aliphatic carbocycles. The van der Waals surface area contributed by atoms with Crippen LogP contribution >= 0.6 is 0 Å². The third kappa shape index (κ3) is 3.75. The summed E-state index contributed by atoms with van der Waals surface area (Å²) in [5.74, 6) is 2.01. The second-order valence-corrected chi connectivity index (χ2v) is 6.16. The average molecular weight is 330 g/mol. The molecule has 0 aliphatic heterocycles. The molecule has 0 radical (unpaired) electrons. The quantitative estimate of drug-likeness (QED) is 0.784. The molecule has 0 saturated heterocycles. The highest BCUT2D eigenvalue weighted by molar-refractivity contribution is 5.72. The van der Waals surface area contributed by atoms with Gasteiger partial charge in [0.1, 0.15) is 5.75 Å². The first-order valence-corrected chi connectivity index (χ1v) is 8.23. The van der Waals surface area contributed by atoms with E-state index in [2.05, 4.69) is 10.1 Å². The zero-order chi connectivity index (χ0) is 16.9. The zero-order valence-corrected chi connectivity index (χ0v) is 14.0. The number of hydrogen-bond donors (Lipinski definition) is 0. The molecule has 2 aromatic rings. The molecule has 0 amide bonds. The maximum Gasteiger partial charge on any atom is 0.308 e. The van der Waals surface area contributed by atoms with Crippen molar-refractivity contribution in [2.75, 3.05) is 14.2 Å². The van der Waals surface area contributed by atoms with Crippen molar-refractivity contribution in [3.05, 3.63) is 41.5 Å². The van der Waals surface area contributed by atoms with Gasteiger partial charge in [-0.25, -0.2) is 0 Å². The van der Waals surface area contributed by atoms with Gasteiger partial charge >= 0.3 is 5.97 Å². The SMILES string of the molecule is COC(=O)[C@@H]1CCC[C@H](c2nc(Cc3cccc(OC)c3)no2)C1. The minimum Gasteiger partial charge on any atom is -0.497 e. The van der Waals surface area contributed by atoms with Crippen LogP contribution in [0.25, 0.3) is 0 Å². The van der Waals surface area contributed by atoms with Crippen LogP contribution in [0.1, 0.15) is 48.9 Å². The average Bonchev–Trinajstić information content (AvgIpc) is 3.09. The van der Waals surface area contributed by atoms with Crippen LogP contribution in [0.5, 0.6) is 5.75 Å². The molecule has 128 valence electrons. The minimum absolute atomic E-state index is 0.0671. The predicted octanol–water partition coefficient (Wildman–Crippen LogP) is 3.12. The molecule has 0 spiro atoms. The summed E-state index contributed by atoms with van der Waals surface area (Å²) in [5.41, 5.74) is 1.07. The highest BCUT2D eigenvalue weighted by Gasteiger charge is 2.31. The van der Waals surface area contributed by atoms with Crippen molar-refractivity contribution in [3.63, 3.8) is 0 Å². The van der Waals surface area contributed by atoms with Crippen LogP contribution in [0.3, 0.4) is 0 Å². The maximum absolute atomic E-state index is 11.7. The van der Waals surface area contributed by atoms with E-state index >= 15 is 0 Å². The Labute approximate surface area is 141 Å². The van der Waals surface area contributed by atoms with Gasteiger partial charge < -0.3 is 14.0 Å². The van der Waals surface area contributed by atoms with Crippen LogP contribution in [-0.4, -0.2) is 30.3 Å². The van der Waals surface area contributed by atoms with E-state index in [9.17, 15) is 4.79 Å². The first-order chi connectivity index (χ1) is 11.7. The lowest BCUT2D eigenvalue weighted by Crippen LogP contribution is -2.23. The molecule has 3 rings (SSSR count). The van der Waals surface area contributed by atoms with Gasteiger partial charge in [-0.1, -0.05) is 23.7 Å². The molecule has 6 nitrogen and oxygen atoms in total. The lowest BCUT2D eigenvalue weighted by Gasteiger charge is -2.24. The lowest BCUT2D eigenvalue weighted by atomic mass is 9.81. The maximum atomic E-state index is 11.7. The van der Waals surface area contributed by atoms with Crippen LogP contribution in [-0.2, 0) is 16.0 Å². The lowest BCUT2D eigenvalue weighted by molar-refractivity contribution is -0.146. The van der Waals surface area contributed by atoms with E-state index in [4.69, 9.17) is 14.0 Å².